The minimum absolute atomic E-state index is 0. The molecule has 0 radical (unpaired) electrons. The number of nitrogens with zero attached hydrogens (tertiary/aromatic N) is 3. The Bertz CT molecular complexity index is 590. The molecule has 7 heteroatoms. The predicted molar refractivity (Wildman–Crippen MR) is 134 cm³/mol. The highest BCUT2D eigenvalue weighted by Gasteiger charge is 2.17. The molecule has 0 amide bonds. The van der Waals surface area contributed by atoms with E-state index in [0.717, 1.165) is 36.9 Å². The smallest absolute Gasteiger partial charge is 0.191 e. The minimum Gasteiger partial charge on any atom is -0.494 e. The van der Waals surface area contributed by atoms with Crippen LogP contribution in [0, 0.1) is 5.92 Å². The van der Waals surface area contributed by atoms with Crippen molar-refractivity contribution < 1.29 is 4.74 Å². The maximum absolute atomic E-state index is 5.71. The van der Waals surface area contributed by atoms with Crippen LogP contribution in [0.3, 0.4) is 0 Å². The number of guanidine groups is 1. The molecule has 1 saturated heterocycles. The lowest BCUT2D eigenvalue weighted by Crippen LogP contribution is -2.48. The van der Waals surface area contributed by atoms with Crippen LogP contribution < -0.4 is 15.4 Å². The zero-order chi connectivity index (χ0) is 20.2. The summed E-state index contributed by atoms with van der Waals surface area (Å²) in [4.78, 5) is 9.87. The summed E-state index contributed by atoms with van der Waals surface area (Å²) in [7, 11) is 0. The van der Waals surface area contributed by atoms with Gasteiger partial charge >= 0.3 is 0 Å². The predicted octanol–water partition coefficient (Wildman–Crippen LogP) is 3.03. The summed E-state index contributed by atoms with van der Waals surface area (Å²) in [5.74, 6) is 2.37. The van der Waals surface area contributed by atoms with Crippen LogP contribution in [0.5, 0.6) is 5.75 Å². The average Bonchev–Trinajstić information content (AvgIpc) is 2.72. The van der Waals surface area contributed by atoms with Gasteiger partial charge in [-0.3, -0.25) is 0 Å². The van der Waals surface area contributed by atoms with Crippen molar-refractivity contribution in [3.8, 4) is 5.75 Å². The van der Waals surface area contributed by atoms with Crippen LogP contribution in [0.1, 0.15) is 33.3 Å². The van der Waals surface area contributed by atoms with Gasteiger partial charge in [-0.15, -0.1) is 24.0 Å². The first-order valence-corrected chi connectivity index (χ1v) is 10.8. The van der Waals surface area contributed by atoms with Crippen LogP contribution in [0.25, 0.3) is 0 Å². The summed E-state index contributed by atoms with van der Waals surface area (Å²) in [6.07, 6.45) is 0. The summed E-state index contributed by atoms with van der Waals surface area (Å²) < 4.78 is 5.71. The van der Waals surface area contributed by atoms with E-state index in [9.17, 15) is 0 Å². The van der Waals surface area contributed by atoms with Crippen LogP contribution in [0.15, 0.2) is 29.3 Å². The van der Waals surface area contributed by atoms with Crippen molar-refractivity contribution in [3.63, 3.8) is 0 Å². The van der Waals surface area contributed by atoms with Crippen LogP contribution in [0.2, 0.25) is 0 Å². The SMILES string of the molecule is CCNC(=NCc1ccccc1OCC)NCC(C)CN1CCN(CC)CC1.I. The monoisotopic (exact) mass is 517 g/mol. The lowest BCUT2D eigenvalue weighted by molar-refractivity contribution is 0.124. The van der Waals surface area contributed by atoms with Crippen molar-refractivity contribution in [2.75, 3.05) is 59.0 Å². The van der Waals surface area contributed by atoms with Gasteiger partial charge in [-0.1, -0.05) is 32.0 Å². The molecule has 0 spiro atoms. The third-order valence-corrected chi connectivity index (χ3v) is 5.12. The van der Waals surface area contributed by atoms with Gasteiger partial charge in [0.15, 0.2) is 5.96 Å². The molecule has 1 heterocycles. The first-order chi connectivity index (χ1) is 13.7. The lowest BCUT2D eigenvalue weighted by atomic mass is 10.1. The third kappa shape index (κ3) is 9.53. The topological polar surface area (TPSA) is 52.1 Å². The maximum Gasteiger partial charge on any atom is 0.191 e. The molecule has 1 fully saturated rings. The highest BCUT2D eigenvalue weighted by molar-refractivity contribution is 14.0. The summed E-state index contributed by atoms with van der Waals surface area (Å²) in [5, 5.41) is 6.87. The molecular formula is C22H40IN5O. The van der Waals surface area contributed by atoms with Crippen molar-refractivity contribution in [1.82, 2.24) is 20.4 Å². The lowest BCUT2D eigenvalue weighted by Gasteiger charge is -2.35. The number of ether oxygens (including phenoxy) is 1. The molecule has 0 aliphatic carbocycles. The van der Waals surface area contributed by atoms with Crippen LogP contribution >= 0.6 is 24.0 Å². The fraction of sp³-hybridized carbons (Fsp3) is 0.682. The van der Waals surface area contributed by atoms with Gasteiger partial charge in [-0.25, -0.2) is 4.99 Å². The zero-order valence-electron chi connectivity index (χ0n) is 18.6. The van der Waals surface area contributed by atoms with Crippen LogP contribution in [-0.2, 0) is 6.54 Å². The molecule has 1 aromatic carbocycles. The van der Waals surface area contributed by atoms with Crippen molar-refractivity contribution in [1.29, 1.82) is 0 Å². The standard InChI is InChI=1S/C22H39N5O.HI/c1-5-23-22(25-17-20-10-8-9-11-21(20)28-7-3)24-16-19(4)18-27-14-12-26(6-2)13-15-27;/h8-11,19H,5-7,12-18H2,1-4H3,(H2,23,24,25);1H. The van der Waals surface area contributed by atoms with Gasteiger partial charge < -0.3 is 25.2 Å². The van der Waals surface area contributed by atoms with E-state index in [4.69, 9.17) is 9.73 Å². The van der Waals surface area contributed by atoms with E-state index in [1.54, 1.807) is 0 Å². The molecule has 0 saturated carbocycles. The Morgan fingerprint density at radius 3 is 2.41 bits per heavy atom. The summed E-state index contributed by atoms with van der Waals surface area (Å²) in [6, 6.07) is 8.13. The van der Waals surface area contributed by atoms with Crippen molar-refractivity contribution in [2.45, 2.75) is 34.2 Å². The Morgan fingerprint density at radius 2 is 1.76 bits per heavy atom. The van der Waals surface area contributed by atoms with Crippen LogP contribution in [-0.4, -0.2) is 74.7 Å². The Balaban J connectivity index is 0.00000420. The molecule has 1 unspecified atom stereocenters. The molecule has 1 aliphatic heterocycles. The number of likely N-dealkylation sites (N-methyl/N-ethyl adjacent to an activating group) is 1. The number of halogens is 1. The zero-order valence-corrected chi connectivity index (χ0v) is 20.9. The van der Waals surface area contributed by atoms with Crippen molar-refractivity contribution in [3.05, 3.63) is 29.8 Å². The number of benzene rings is 1. The highest BCUT2D eigenvalue weighted by Crippen LogP contribution is 2.18. The Labute approximate surface area is 194 Å². The first kappa shape index (κ1) is 26.0. The number of aliphatic imine (C=N–C) groups is 1. The van der Waals surface area contributed by atoms with Gasteiger partial charge in [0, 0.05) is 51.4 Å². The number of hydrogen-bond acceptors (Lipinski definition) is 4. The van der Waals surface area contributed by atoms with E-state index in [1.807, 2.05) is 25.1 Å². The van der Waals surface area contributed by atoms with E-state index in [2.05, 4.69) is 47.3 Å². The number of nitrogens with one attached hydrogen (secondary N) is 2. The fourth-order valence-electron chi connectivity index (χ4n) is 3.50. The molecule has 0 aromatic heterocycles. The molecule has 6 nitrogen and oxygen atoms in total. The average molecular weight is 518 g/mol. The second-order valence-corrected chi connectivity index (χ2v) is 7.46. The van der Waals surface area contributed by atoms with Gasteiger partial charge in [0.05, 0.1) is 13.2 Å². The van der Waals surface area contributed by atoms with E-state index in [-0.39, 0.29) is 24.0 Å². The molecule has 1 aromatic rings. The molecular weight excluding hydrogens is 477 g/mol. The summed E-state index contributed by atoms with van der Waals surface area (Å²) in [6.45, 7) is 18.8. The first-order valence-electron chi connectivity index (χ1n) is 10.8. The van der Waals surface area contributed by atoms with Crippen molar-refractivity contribution >= 4 is 29.9 Å². The maximum atomic E-state index is 5.71. The molecule has 29 heavy (non-hydrogen) atoms. The second-order valence-electron chi connectivity index (χ2n) is 7.46. The Kier molecular flexibility index (Phi) is 13.3. The molecule has 2 N–H and O–H groups in total. The fourth-order valence-corrected chi connectivity index (χ4v) is 3.50. The number of piperazine rings is 1. The van der Waals surface area contributed by atoms with E-state index >= 15 is 0 Å². The molecule has 0 bridgehead atoms. The minimum atomic E-state index is 0. The van der Waals surface area contributed by atoms with Gasteiger partial charge in [-0.2, -0.15) is 0 Å². The van der Waals surface area contributed by atoms with Gasteiger partial charge in [0.25, 0.3) is 0 Å². The molecule has 2 rings (SSSR count). The Hall–Kier alpha value is -1.06. The second kappa shape index (κ2) is 14.8. The van der Waals surface area contributed by atoms with Gasteiger partial charge in [0.2, 0.25) is 0 Å². The number of rotatable bonds is 10. The van der Waals surface area contributed by atoms with E-state index in [0.29, 0.717) is 19.1 Å². The quantitative estimate of drug-likeness (QED) is 0.284. The van der Waals surface area contributed by atoms with Gasteiger partial charge in [0.1, 0.15) is 5.75 Å². The summed E-state index contributed by atoms with van der Waals surface area (Å²) >= 11 is 0. The van der Waals surface area contributed by atoms with Gasteiger partial charge in [-0.05, 0) is 32.4 Å². The van der Waals surface area contributed by atoms with Crippen LogP contribution in [0.4, 0.5) is 0 Å². The summed E-state index contributed by atoms with van der Waals surface area (Å²) in [5.41, 5.74) is 1.11. The largest absolute Gasteiger partial charge is 0.494 e. The van der Waals surface area contributed by atoms with E-state index < -0.39 is 0 Å². The molecule has 1 atom stereocenters. The third-order valence-electron chi connectivity index (χ3n) is 5.12. The normalized spacial score (nSPS) is 16.8. The van der Waals surface area contributed by atoms with Crippen molar-refractivity contribution in [2.24, 2.45) is 10.9 Å². The highest BCUT2D eigenvalue weighted by atomic mass is 127. The van der Waals surface area contributed by atoms with E-state index in [1.165, 1.54) is 32.7 Å². The molecule has 166 valence electrons. The molecule has 1 aliphatic rings. The Morgan fingerprint density at radius 1 is 1.07 bits per heavy atom. The number of hydrogen-bond donors (Lipinski definition) is 2. The number of para-hydroxylation sites is 1.